The highest BCUT2D eigenvalue weighted by Gasteiger charge is 2.43. The number of ether oxygens (including phenoxy) is 1. The lowest BCUT2D eigenvalue weighted by Crippen LogP contribution is -2.51. The van der Waals surface area contributed by atoms with E-state index >= 15 is 0 Å². The summed E-state index contributed by atoms with van der Waals surface area (Å²) in [5.41, 5.74) is 6.22. The number of nitrogens with zero attached hydrogens (tertiary/aromatic N) is 2. The first-order valence-corrected chi connectivity index (χ1v) is 14.4. The average molecular weight is 476 g/mol. The molecule has 1 aliphatic rings. The van der Waals surface area contributed by atoms with E-state index in [9.17, 15) is 19.7 Å². The number of nitrogens with one attached hydrogen (secondary N) is 1. The van der Waals surface area contributed by atoms with E-state index in [1.807, 2.05) is 43.9 Å². The van der Waals surface area contributed by atoms with Crippen molar-refractivity contribution < 1.29 is 19.2 Å². The molecule has 2 aromatic carbocycles. The van der Waals surface area contributed by atoms with Gasteiger partial charge in [0.15, 0.2) is 0 Å². The van der Waals surface area contributed by atoms with Crippen molar-refractivity contribution in [3.8, 4) is 11.5 Å². The molecule has 0 bridgehead atoms. The number of para-hydroxylation sites is 1. The number of hydrogen-bond acceptors (Lipinski definition) is 5. The van der Waals surface area contributed by atoms with E-state index in [2.05, 4.69) is 16.4 Å². The molecule has 34 heavy (non-hydrogen) atoms. The number of carbonyl (C=O) groups excluding carboxylic acids is 2. The van der Waals surface area contributed by atoms with E-state index in [0.29, 0.717) is 5.56 Å². The highest BCUT2D eigenvalue weighted by Crippen LogP contribution is 2.41. The number of nitro groups is 1. The Kier molecular flexibility index (Phi) is 6.02. The second-order valence-corrected chi connectivity index (χ2v) is 14.0. The first-order valence-electron chi connectivity index (χ1n) is 10.9. The molecule has 174 valence electrons. The van der Waals surface area contributed by atoms with Gasteiger partial charge in [-0.25, -0.2) is 4.79 Å². The number of aromatic nitrogens is 1. The minimum absolute atomic E-state index is 0.0580. The third-order valence-electron chi connectivity index (χ3n) is 5.80. The van der Waals surface area contributed by atoms with Crippen LogP contribution in [0, 0.1) is 21.6 Å². The van der Waals surface area contributed by atoms with Gasteiger partial charge in [0.2, 0.25) is 0 Å². The van der Waals surface area contributed by atoms with Crippen molar-refractivity contribution >= 4 is 36.5 Å². The summed E-state index contributed by atoms with van der Waals surface area (Å²) >= 11 is 0. The van der Waals surface area contributed by atoms with Crippen LogP contribution in [0.15, 0.2) is 48.5 Å². The summed E-state index contributed by atoms with van der Waals surface area (Å²) in [4.78, 5) is 42.0. The predicted octanol–water partition coefficient (Wildman–Crippen LogP) is 3.97. The maximum atomic E-state index is 13.5. The first-order chi connectivity index (χ1) is 16.1. The molecule has 1 amide bonds. The van der Waals surface area contributed by atoms with E-state index < -0.39 is 37.0 Å². The van der Waals surface area contributed by atoms with Gasteiger partial charge in [-0.15, -0.1) is 5.54 Å². The molecular weight excluding hydrogens is 450 g/mol. The molecular formula is C25H25N3O5Si. The predicted molar refractivity (Wildman–Crippen MR) is 131 cm³/mol. The number of H-pyrrole nitrogens is 1. The van der Waals surface area contributed by atoms with Gasteiger partial charge < -0.3 is 14.6 Å². The fourth-order valence-electron chi connectivity index (χ4n) is 4.29. The van der Waals surface area contributed by atoms with Crippen molar-refractivity contribution in [3.63, 3.8) is 0 Å². The fraction of sp³-hybridized carbons (Fsp3) is 0.280. The van der Waals surface area contributed by atoms with E-state index in [1.54, 1.807) is 12.1 Å². The molecule has 1 aliphatic heterocycles. The molecule has 0 fully saturated rings. The van der Waals surface area contributed by atoms with Crippen molar-refractivity contribution in [2.24, 2.45) is 0 Å². The van der Waals surface area contributed by atoms with Crippen LogP contribution in [0.4, 0.5) is 5.69 Å². The monoisotopic (exact) mass is 475 g/mol. The second-order valence-electron chi connectivity index (χ2n) is 9.27. The van der Waals surface area contributed by atoms with Gasteiger partial charge in [0.05, 0.1) is 18.1 Å². The highest BCUT2D eigenvalue weighted by atomic mass is 28.3. The van der Waals surface area contributed by atoms with Gasteiger partial charge in [-0.2, -0.15) is 0 Å². The van der Waals surface area contributed by atoms with Gasteiger partial charge in [-0.05, 0) is 35.2 Å². The van der Waals surface area contributed by atoms with Gasteiger partial charge in [-0.3, -0.25) is 14.9 Å². The van der Waals surface area contributed by atoms with E-state index in [0.717, 1.165) is 22.2 Å². The van der Waals surface area contributed by atoms with Crippen LogP contribution in [0.25, 0.3) is 10.9 Å². The number of methoxy groups -OCH3 is 1. The lowest BCUT2D eigenvalue weighted by molar-refractivity contribution is -0.384. The zero-order valence-corrected chi connectivity index (χ0v) is 20.4. The van der Waals surface area contributed by atoms with Gasteiger partial charge in [0.25, 0.3) is 11.6 Å². The molecule has 0 radical (unpaired) electrons. The van der Waals surface area contributed by atoms with Crippen molar-refractivity contribution in [3.05, 3.63) is 75.5 Å². The Morgan fingerprint density at radius 1 is 1.15 bits per heavy atom. The minimum atomic E-state index is -1.87. The fourth-order valence-corrected chi connectivity index (χ4v) is 4.77. The Bertz CT molecular complexity index is 1340. The lowest BCUT2D eigenvalue weighted by Gasteiger charge is -2.39. The molecule has 0 spiro atoms. The van der Waals surface area contributed by atoms with Crippen LogP contribution in [-0.4, -0.2) is 47.9 Å². The Hall–Kier alpha value is -3.90. The van der Waals surface area contributed by atoms with Crippen LogP contribution in [-0.2, 0) is 20.7 Å². The van der Waals surface area contributed by atoms with Gasteiger partial charge in [0, 0.05) is 35.2 Å². The normalized spacial score (nSPS) is 17.5. The number of carbonyl (C=O) groups is 2. The molecule has 2 atom stereocenters. The number of rotatable bonds is 3. The number of hydrogen-bond donors (Lipinski definition) is 1. The van der Waals surface area contributed by atoms with Crippen LogP contribution in [0.3, 0.4) is 0 Å². The second kappa shape index (κ2) is 8.80. The van der Waals surface area contributed by atoms with E-state index in [4.69, 9.17) is 4.74 Å². The molecule has 3 aromatic rings. The quantitative estimate of drug-likeness (QED) is 0.203. The summed E-state index contributed by atoms with van der Waals surface area (Å²) < 4.78 is 5.08. The van der Waals surface area contributed by atoms with Crippen LogP contribution >= 0.6 is 0 Å². The zero-order chi connectivity index (χ0) is 24.6. The number of aromatic amines is 1. The van der Waals surface area contributed by atoms with Gasteiger partial charge in [0.1, 0.15) is 14.1 Å². The minimum Gasteiger partial charge on any atom is -0.467 e. The number of benzene rings is 2. The Morgan fingerprint density at radius 3 is 2.44 bits per heavy atom. The SMILES string of the molecule is COC(=O)[C@H]1Cc2c([nH]c3ccccc23)[C@@H](c2ccc([N+](=O)[O-])cc2)N1C(=O)C#C[Si](C)(C)C. The molecule has 8 nitrogen and oxygen atoms in total. The molecule has 1 N–H and O–H groups in total. The van der Waals surface area contributed by atoms with Crippen LogP contribution in [0.1, 0.15) is 22.9 Å². The molecule has 4 rings (SSSR count). The Balaban J connectivity index is 1.95. The average Bonchev–Trinajstić information content (AvgIpc) is 3.18. The Morgan fingerprint density at radius 2 is 1.82 bits per heavy atom. The molecule has 1 aromatic heterocycles. The zero-order valence-electron chi connectivity index (χ0n) is 19.4. The molecule has 2 heterocycles. The molecule has 0 saturated carbocycles. The lowest BCUT2D eigenvalue weighted by atomic mass is 9.87. The Labute approximate surface area is 198 Å². The summed E-state index contributed by atoms with van der Waals surface area (Å²) in [5.74, 6) is 1.75. The van der Waals surface area contributed by atoms with Gasteiger partial charge >= 0.3 is 5.97 Å². The topological polar surface area (TPSA) is 106 Å². The third-order valence-corrected chi connectivity index (χ3v) is 6.68. The van der Waals surface area contributed by atoms with Crippen molar-refractivity contribution in [1.29, 1.82) is 0 Å². The molecule has 9 heteroatoms. The number of non-ortho nitro benzene ring substituents is 1. The summed E-state index contributed by atoms with van der Waals surface area (Å²) in [6.07, 6.45) is 0.274. The standard InChI is InChI=1S/C25H25N3O5Si/c1-33-25(30)21-15-19-18-7-5-6-8-20(18)26-23(19)24(16-9-11-17(12-10-16)28(31)32)27(21)22(29)13-14-34(2,3)4/h5-12,21,24,26H,15H2,1-4H3/t21-,24-/m1/s1. The first kappa shape index (κ1) is 23.3. The van der Waals surface area contributed by atoms with Crippen molar-refractivity contribution in [1.82, 2.24) is 9.88 Å². The number of fused-ring (bicyclic) bond motifs is 3. The van der Waals surface area contributed by atoms with E-state index in [-0.39, 0.29) is 12.1 Å². The van der Waals surface area contributed by atoms with E-state index in [1.165, 1.54) is 24.1 Å². The summed E-state index contributed by atoms with van der Waals surface area (Å²) in [5, 5.41) is 12.2. The molecule has 0 saturated heterocycles. The largest absolute Gasteiger partial charge is 0.467 e. The van der Waals surface area contributed by atoms with Crippen molar-refractivity contribution in [2.75, 3.05) is 7.11 Å². The maximum Gasteiger partial charge on any atom is 0.328 e. The third kappa shape index (κ3) is 4.32. The summed E-state index contributed by atoms with van der Waals surface area (Å²) in [6, 6.07) is 12.2. The number of esters is 1. The van der Waals surface area contributed by atoms with Crippen LogP contribution in [0.2, 0.25) is 19.6 Å². The summed E-state index contributed by atoms with van der Waals surface area (Å²) in [7, 11) is -0.572. The number of amides is 1. The molecule has 0 unspecified atom stereocenters. The highest BCUT2D eigenvalue weighted by molar-refractivity contribution is 6.84. The summed E-state index contributed by atoms with van der Waals surface area (Å²) in [6.45, 7) is 6.10. The van der Waals surface area contributed by atoms with Crippen LogP contribution < -0.4 is 0 Å². The van der Waals surface area contributed by atoms with Crippen molar-refractivity contribution in [2.45, 2.75) is 38.1 Å². The maximum absolute atomic E-state index is 13.5. The molecule has 0 aliphatic carbocycles. The van der Waals surface area contributed by atoms with Crippen LogP contribution in [0.5, 0.6) is 0 Å². The van der Waals surface area contributed by atoms with Gasteiger partial charge in [-0.1, -0.05) is 37.8 Å². The number of nitro benzene ring substituents is 1. The smallest absolute Gasteiger partial charge is 0.328 e.